The van der Waals surface area contributed by atoms with Crippen molar-refractivity contribution in [1.82, 2.24) is 10.2 Å². The number of carbonyl (C=O) groups is 2. The number of carbonyl (C=O) groups excluding carboxylic acids is 2. The highest BCUT2D eigenvalue weighted by molar-refractivity contribution is 7.92. The van der Waals surface area contributed by atoms with Gasteiger partial charge in [0.1, 0.15) is 12.6 Å². The molecule has 10 heteroatoms. The molecule has 0 heterocycles. The Labute approximate surface area is 259 Å². The third-order valence-corrected chi connectivity index (χ3v) is 9.60. The summed E-state index contributed by atoms with van der Waals surface area (Å²) in [4.78, 5) is 29.0. The summed E-state index contributed by atoms with van der Waals surface area (Å²) in [5.74, 6) is -0.620. The van der Waals surface area contributed by atoms with Crippen LogP contribution in [0.15, 0.2) is 65.6 Å². The summed E-state index contributed by atoms with van der Waals surface area (Å²) in [7, 11) is -4.14. The predicted octanol–water partition coefficient (Wildman–Crippen LogP) is 6.69. The van der Waals surface area contributed by atoms with Crippen LogP contribution in [0.4, 0.5) is 5.69 Å². The zero-order chi connectivity index (χ0) is 31.2. The lowest BCUT2D eigenvalue weighted by atomic mass is 10.1. The molecule has 3 aromatic rings. The SMILES string of the molecule is CC[C@@H](C(=O)NCC(C)C)N(Cc1ccc(Cl)c(Cl)c1)C(=O)CN(c1ccc(C)c(C)c1)S(=O)(=O)c1ccc(C)cc1. The molecule has 0 unspecified atom stereocenters. The standard InChI is InChI=1S/C32H39Cl2N3O4S/c1-7-30(32(39)35-18-21(2)3)36(19-25-11-15-28(33)29(34)17-25)31(38)20-37(26-12-10-23(5)24(6)16-26)42(40,41)27-13-8-22(4)9-14-27/h8-17,21,30H,7,18-20H2,1-6H3,(H,35,39)/t30-/m0/s1. The van der Waals surface area contributed by atoms with Crippen LogP contribution in [0.5, 0.6) is 0 Å². The van der Waals surface area contributed by atoms with Crippen molar-refractivity contribution in [2.75, 3.05) is 17.4 Å². The molecule has 0 saturated heterocycles. The minimum absolute atomic E-state index is 0.0364. The summed E-state index contributed by atoms with van der Waals surface area (Å²) in [5, 5.41) is 3.61. The Balaban J connectivity index is 2.09. The Morgan fingerprint density at radius 2 is 1.55 bits per heavy atom. The maximum absolute atomic E-state index is 14.2. The van der Waals surface area contributed by atoms with E-state index in [2.05, 4.69) is 5.32 Å². The van der Waals surface area contributed by atoms with Crippen molar-refractivity contribution in [3.8, 4) is 0 Å². The highest BCUT2D eigenvalue weighted by atomic mass is 35.5. The molecule has 0 aromatic heterocycles. The van der Waals surface area contributed by atoms with E-state index in [1.54, 1.807) is 42.5 Å². The van der Waals surface area contributed by atoms with Gasteiger partial charge in [0.2, 0.25) is 11.8 Å². The summed E-state index contributed by atoms with van der Waals surface area (Å²) in [6.45, 7) is 11.5. The molecule has 0 bridgehead atoms. The Morgan fingerprint density at radius 3 is 2.12 bits per heavy atom. The van der Waals surface area contributed by atoms with Crippen LogP contribution in [0.3, 0.4) is 0 Å². The van der Waals surface area contributed by atoms with E-state index >= 15 is 0 Å². The molecule has 3 rings (SSSR count). The molecule has 7 nitrogen and oxygen atoms in total. The largest absolute Gasteiger partial charge is 0.354 e. The molecule has 3 aromatic carbocycles. The first-order valence-electron chi connectivity index (χ1n) is 13.9. The van der Waals surface area contributed by atoms with Crippen LogP contribution >= 0.6 is 23.2 Å². The molecule has 0 aliphatic heterocycles. The second kappa shape index (κ2) is 14.4. The van der Waals surface area contributed by atoms with E-state index < -0.39 is 28.5 Å². The van der Waals surface area contributed by atoms with E-state index in [9.17, 15) is 18.0 Å². The van der Waals surface area contributed by atoms with Crippen LogP contribution in [0.25, 0.3) is 0 Å². The van der Waals surface area contributed by atoms with E-state index in [0.29, 0.717) is 34.3 Å². The van der Waals surface area contributed by atoms with Crippen molar-refractivity contribution >= 4 is 50.7 Å². The van der Waals surface area contributed by atoms with Crippen molar-refractivity contribution in [1.29, 1.82) is 0 Å². The van der Waals surface area contributed by atoms with Crippen molar-refractivity contribution in [3.05, 3.63) is 93.0 Å². The van der Waals surface area contributed by atoms with E-state index in [4.69, 9.17) is 23.2 Å². The first-order chi connectivity index (χ1) is 19.7. The molecule has 1 atom stereocenters. The summed E-state index contributed by atoms with van der Waals surface area (Å²) < 4.78 is 29.2. The van der Waals surface area contributed by atoms with E-state index in [1.807, 2.05) is 47.6 Å². The smallest absolute Gasteiger partial charge is 0.264 e. The predicted molar refractivity (Wildman–Crippen MR) is 171 cm³/mol. The summed E-state index contributed by atoms with van der Waals surface area (Å²) in [6, 6.07) is 15.9. The summed E-state index contributed by atoms with van der Waals surface area (Å²) in [6.07, 6.45) is 0.325. The lowest BCUT2D eigenvalue weighted by molar-refractivity contribution is -0.140. The van der Waals surface area contributed by atoms with E-state index in [0.717, 1.165) is 21.0 Å². The summed E-state index contributed by atoms with van der Waals surface area (Å²) in [5.41, 5.74) is 3.81. The van der Waals surface area contributed by atoms with Gasteiger partial charge < -0.3 is 10.2 Å². The van der Waals surface area contributed by atoms with Gasteiger partial charge in [-0.15, -0.1) is 0 Å². The van der Waals surface area contributed by atoms with Gasteiger partial charge in [0.25, 0.3) is 10.0 Å². The molecule has 2 amide bonds. The second-order valence-corrected chi connectivity index (χ2v) is 13.6. The molecule has 0 saturated carbocycles. The van der Waals surface area contributed by atoms with Gasteiger partial charge in [-0.3, -0.25) is 13.9 Å². The Kier molecular flexibility index (Phi) is 11.5. The molecule has 226 valence electrons. The molecule has 0 spiro atoms. The van der Waals surface area contributed by atoms with Gasteiger partial charge in [-0.25, -0.2) is 8.42 Å². The number of hydrogen-bond acceptors (Lipinski definition) is 4. The average Bonchev–Trinajstić information content (AvgIpc) is 2.94. The van der Waals surface area contributed by atoms with Crippen molar-refractivity contribution in [2.24, 2.45) is 5.92 Å². The normalized spacial score (nSPS) is 12.2. The number of aryl methyl sites for hydroxylation is 3. The zero-order valence-corrected chi connectivity index (χ0v) is 27.3. The number of hydrogen-bond donors (Lipinski definition) is 1. The first kappa shape index (κ1) is 33.4. The third kappa shape index (κ3) is 8.27. The fraction of sp³-hybridized carbons (Fsp3) is 0.375. The lowest BCUT2D eigenvalue weighted by Gasteiger charge is -2.33. The average molecular weight is 633 g/mol. The molecular weight excluding hydrogens is 593 g/mol. The maximum Gasteiger partial charge on any atom is 0.264 e. The van der Waals surface area contributed by atoms with Gasteiger partial charge >= 0.3 is 0 Å². The molecule has 0 aliphatic carbocycles. The topological polar surface area (TPSA) is 86.8 Å². The number of nitrogens with zero attached hydrogens (tertiary/aromatic N) is 2. The fourth-order valence-electron chi connectivity index (χ4n) is 4.42. The highest BCUT2D eigenvalue weighted by Gasteiger charge is 2.34. The maximum atomic E-state index is 14.2. The molecule has 0 aliphatic rings. The minimum Gasteiger partial charge on any atom is -0.354 e. The van der Waals surface area contributed by atoms with Gasteiger partial charge in [0.05, 0.1) is 20.6 Å². The number of rotatable bonds is 12. The van der Waals surface area contributed by atoms with Crippen LogP contribution in [0, 0.1) is 26.7 Å². The van der Waals surface area contributed by atoms with Gasteiger partial charge in [-0.2, -0.15) is 0 Å². The van der Waals surface area contributed by atoms with Gasteiger partial charge in [-0.1, -0.05) is 73.8 Å². The lowest BCUT2D eigenvalue weighted by Crippen LogP contribution is -2.52. The fourth-order valence-corrected chi connectivity index (χ4v) is 6.15. The first-order valence-corrected chi connectivity index (χ1v) is 16.1. The van der Waals surface area contributed by atoms with Crippen LogP contribution < -0.4 is 9.62 Å². The third-order valence-electron chi connectivity index (χ3n) is 7.07. The molecule has 1 N–H and O–H groups in total. The van der Waals surface area contributed by atoms with Gasteiger partial charge in [0, 0.05) is 13.1 Å². The molecule has 42 heavy (non-hydrogen) atoms. The Bertz CT molecular complexity index is 1530. The van der Waals surface area contributed by atoms with Crippen LogP contribution in [0.2, 0.25) is 10.0 Å². The number of anilines is 1. The quantitative estimate of drug-likeness (QED) is 0.241. The molecule has 0 fully saturated rings. The van der Waals surface area contributed by atoms with Crippen molar-refractivity contribution in [3.63, 3.8) is 0 Å². The number of sulfonamides is 1. The van der Waals surface area contributed by atoms with E-state index in [-0.39, 0.29) is 23.3 Å². The van der Waals surface area contributed by atoms with Gasteiger partial charge in [-0.05, 0) is 86.2 Å². The molecular formula is C32H39Cl2N3O4S. The zero-order valence-electron chi connectivity index (χ0n) is 24.9. The van der Waals surface area contributed by atoms with Gasteiger partial charge in [0.15, 0.2) is 0 Å². The Morgan fingerprint density at radius 1 is 0.881 bits per heavy atom. The number of amides is 2. The highest BCUT2D eigenvalue weighted by Crippen LogP contribution is 2.28. The minimum atomic E-state index is -4.14. The number of halogens is 2. The monoisotopic (exact) mass is 631 g/mol. The van der Waals surface area contributed by atoms with Crippen molar-refractivity contribution < 1.29 is 18.0 Å². The number of nitrogens with one attached hydrogen (secondary N) is 1. The van der Waals surface area contributed by atoms with Crippen LogP contribution in [-0.2, 0) is 26.2 Å². The van der Waals surface area contributed by atoms with Crippen LogP contribution in [0.1, 0.15) is 49.4 Å². The molecule has 0 radical (unpaired) electrons. The van der Waals surface area contributed by atoms with Crippen LogP contribution in [-0.4, -0.2) is 44.3 Å². The summed E-state index contributed by atoms with van der Waals surface area (Å²) >= 11 is 12.4. The van der Waals surface area contributed by atoms with Crippen molar-refractivity contribution in [2.45, 2.75) is 65.4 Å². The Hall–Kier alpha value is -3.07. The number of benzene rings is 3. The van der Waals surface area contributed by atoms with E-state index in [1.165, 1.54) is 17.0 Å². The second-order valence-electron chi connectivity index (χ2n) is 10.9.